The highest BCUT2D eigenvalue weighted by molar-refractivity contribution is 5.81. The van der Waals surface area contributed by atoms with Gasteiger partial charge in [0.1, 0.15) is 6.54 Å². The van der Waals surface area contributed by atoms with Crippen molar-refractivity contribution in [1.82, 2.24) is 4.90 Å². The molecule has 0 heterocycles. The highest BCUT2D eigenvalue weighted by atomic mass is 16.5. The first-order valence-corrected chi connectivity index (χ1v) is 4.10. The predicted octanol–water partition coefficient (Wildman–Crippen LogP) is -0.0440. The Bertz CT molecular complexity index is 181. The SMILES string of the molecule is CCC(=O)N(CCOC)CC(=O)O. The maximum atomic E-state index is 11.2. The second kappa shape index (κ2) is 6.42. The number of nitrogens with zero attached hydrogens (tertiary/aromatic N) is 1. The molecule has 13 heavy (non-hydrogen) atoms. The van der Waals surface area contributed by atoms with Gasteiger partial charge in [0, 0.05) is 20.1 Å². The molecule has 1 N–H and O–H groups in total. The van der Waals surface area contributed by atoms with Gasteiger partial charge in [0.25, 0.3) is 0 Å². The molecule has 0 radical (unpaired) electrons. The molecule has 0 fully saturated rings. The molecule has 0 aromatic carbocycles. The lowest BCUT2D eigenvalue weighted by atomic mass is 10.3. The van der Waals surface area contributed by atoms with Crippen molar-refractivity contribution in [2.24, 2.45) is 0 Å². The highest BCUT2D eigenvalue weighted by Crippen LogP contribution is 1.93. The summed E-state index contributed by atoms with van der Waals surface area (Å²) in [6.07, 6.45) is 0.316. The van der Waals surface area contributed by atoms with Gasteiger partial charge in [0.15, 0.2) is 0 Å². The standard InChI is InChI=1S/C8H15NO4/c1-3-7(10)9(4-5-13-2)6-8(11)12/h3-6H2,1-2H3,(H,11,12). The maximum absolute atomic E-state index is 11.2. The van der Waals surface area contributed by atoms with Gasteiger partial charge in [0.2, 0.25) is 5.91 Å². The molecular weight excluding hydrogens is 174 g/mol. The first kappa shape index (κ1) is 11.9. The number of carbonyl (C=O) groups excluding carboxylic acids is 1. The van der Waals surface area contributed by atoms with Crippen LogP contribution in [-0.4, -0.2) is 48.7 Å². The van der Waals surface area contributed by atoms with Gasteiger partial charge in [-0.1, -0.05) is 6.92 Å². The van der Waals surface area contributed by atoms with Crippen molar-refractivity contribution in [3.05, 3.63) is 0 Å². The Morgan fingerprint density at radius 1 is 1.46 bits per heavy atom. The van der Waals surface area contributed by atoms with Crippen LogP contribution in [0.5, 0.6) is 0 Å². The highest BCUT2D eigenvalue weighted by Gasteiger charge is 2.13. The Labute approximate surface area is 77.3 Å². The predicted molar refractivity (Wildman–Crippen MR) is 46.4 cm³/mol. The van der Waals surface area contributed by atoms with Crippen molar-refractivity contribution in [3.63, 3.8) is 0 Å². The van der Waals surface area contributed by atoms with E-state index in [2.05, 4.69) is 0 Å². The van der Waals surface area contributed by atoms with Crippen LogP contribution in [0.25, 0.3) is 0 Å². The van der Waals surface area contributed by atoms with E-state index in [0.29, 0.717) is 19.6 Å². The number of methoxy groups -OCH3 is 1. The molecule has 0 spiro atoms. The fraction of sp³-hybridized carbons (Fsp3) is 0.750. The van der Waals surface area contributed by atoms with Crippen molar-refractivity contribution >= 4 is 11.9 Å². The second-order valence-corrected chi connectivity index (χ2v) is 2.56. The van der Waals surface area contributed by atoms with Gasteiger partial charge < -0.3 is 14.7 Å². The molecule has 0 atom stereocenters. The van der Waals surface area contributed by atoms with Gasteiger partial charge in [-0.3, -0.25) is 9.59 Å². The number of hydrogen-bond acceptors (Lipinski definition) is 3. The molecule has 0 saturated carbocycles. The van der Waals surface area contributed by atoms with Crippen molar-refractivity contribution in [2.75, 3.05) is 26.8 Å². The Kier molecular flexibility index (Phi) is 5.88. The zero-order valence-electron chi connectivity index (χ0n) is 7.95. The van der Waals surface area contributed by atoms with Crippen LogP contribution < -0.4 is 0 Å². The summed E-state index contributed by atoms with van der Waals surface area (Å²) in [5, 5.41) is 8.49. The Hall–Kier alpha value is -1.10. The number of carboxylic acid groups (broad SMARTS) is 1. The zero-order chi connectivity index (χ0) is 10.3. The van der Waals surface area contributed by atoms with E-state index in [-0.39, 0.29) is 12.5 Å². The molecule has 0 bridgehead atoms. The monoisotopic (exact) mass is 189 g/mol. The lowest BCUT2D eigenvalue weighted by Gasteiger charge is -2.19. The van der Waals surface area contributed by atoms with Gasteiger partial charge >= 0.3 is 5.97 Å². The fourth-order valence-corrected chi connectivity index (χ4v) is 0.880. The second-order valence-electron chi connectivity index (χ2n) is 2.56. The number of carboxylic acids is 1. The van der Waals surface area contributed by atoms with E-state index in [1.54, 1.807) is 6.92 Å². The van der Waals surface area contributed by atoms with Crippen molar-refractivity contribution < 1.29 is 19.4 Å². The van der Waals surface area contributed by atoms with Crippen molar-refractivity contribution in [1.29, 1.82) is 0 Å². The number of amides is 1. The van der Waals surface area contributed by atoms with E-state index < -0.39 is 5.97 Å². The summed E-state index contributed by atoms with van der Waals surface area (Å²) in [6, 6.07) is 0. The van der Waals surface area contributed by atoms with Crippen LogP contribution in [-0.2, 0) is 14.3 Å². The Balaban J connectivity index is 4.02. The summed E-state index contributed by atoms with van der Waals surface area (Å²) in [5.74, 6) is -1.17. The lowest BCUT2D eigenvalue weighted by Crippen LogP contribution is -2.37. The van der Waals surface area contributed by atoms with Gasteiger partial charge in [-0.15, -0.1) is 0 Å². The quantitative estimate of drug-likeness (QED) is 0.636. The van der Waals surface area contributed by atoms with Gasteiger partial charge in [0.05, 0.1) is 6.61 Å². The largest absolute Gasteiger partial charge is 0.480 e. The third-order valence-corrected chi connectivity index (χ3v) is 1.55. The van der Waals surface area contributed by atoms with Gasteiger partial charge in [-0.2, -0.15) is 0 Å². The van der Waals surface area contributed by atoms with Crippen molar-refractivity contribution in [2.45, 2.75) is 13.3 Å². The number of aliphatic carboxylic acids is 1. The number of rotatable bonds is 6. The normalized spacial score (nSPS) is 9.69. The smallest absolute Gasteiger partial charge is 0.323 e. The first-order chi connectivity index (χ1) is 6.11. The topological polar surface area (TPSA) is 66.8 Å². The Morgan fingerprint density at radius 3 is 2.46 bits per heavy atom. The van der Waals surface area contributed by atoms with Crippen LogP contribution in [0.3, 0.4) is 0 Å². The average molecular weight is 189 g/mol. The molecule has 0 aliphatic heterocycles. The molecule has 0 rings (SSSR count). The minimum absolute atomic E-state index is 0.167. The molecule has 76 valence electrons. The molecule has 0 saturated heterocycles. The molecule has 1 amide bonds. The van der Waals surface area contributed by atoms with E-state index in [1.807, 2.05) is 0 Å². The van der Waals surface area contributed by atoms with Crippen LogP contribution in [0, 0.1) is 0 Å². The number of carbonyl (C=O) groups is 2. The first-order valence-electron chi connectivity index (χ1n) is 4.10. The molecule has 5 nitrogen and oxygen atoms in total. The fourth-order valence-electron chi connectivity index (χ4n) is 0.880. The van der Waals surface area contributed by atoms with E-state index in [1.165, 1.54) is 12.0 Å². The third kappa shape index (κ3) is 5.19. The number of hydrogen-bond donors (Lipinski definition) is 1. The lowest BCUT2D eigenvalue weighted by molar-refractivity contribution is -0.144. The minimum atomic E-state index is -1.00. The molecule has 0 aliphatic carbocycles. The average Bonchev–Trinajstić information content (AvgIpc) is 2.10. The summed E-state index contributed by atoms with van der Waals surface area (Å²) < 4.78 is 4.76. The van der Waals surface area contributed by atoms with E-state index in [0.717, 1.165) is 0 Å². The van der Waals surface area contributed by atoms with Gasteiger partial charge in [-0.25, -0.2) is 0 Å². The molecule has 0 unspecified atom stereocenters. The molecular formula is C8H15NO4. The molecule has 0 aromatic heterocycles. The van der Waals surface area contributed by atoms with E-state index in [4.69, 9.17) is 9.84 Å². The summed E-state index contributed by atoms with van der Waals surface area (Å²) in [7, 11) is 1.51. The third-order valence-electron chi connectivity index (χ3n) is 1.55. The van der Waals surface area contributed by atoms with Crippen molar-refractivity contribution in [3.8, 4) is 0 Å². The zero-order valence-corrected chi connectivity index (χ0v) is 7.95. The minimum Gasteiger partial charge on any atom is -0.480 e. The van der Waals surface area contributed by atoms with Gasteiger partial charge in [-0.05, 0) is 0 Å². The van der Waals surface area contributed by atoms with Crippen LogP contribution in [0.15, 0.2) is 0 Å². The summed E-state index contributed by atoms with van der Waals surface area (Å²) >= 11 is 0. The van der Waals surface area contributed by atoms with E-state index in [9.17, 15) is 9.59 Å². The molecule has 0 aromatic rings. The summed E-state index contributed by atoms with van der Waals surface area (Å²) in [6.45, 7) is 2.13. The van der Waals surface area contributed by atoms with Crippen LogP contribution in [0.1, 0.15) is 13.3 Å². The van der Waals surface area contributed by atoms with Crippen LogP contribution >= 0.6 is 0 Å². The maximum Gasteiger partial charge on any atom is 0.323 e. The van der Waals surface area contributed by atoms with Crippen LogP contribution in [0.2, 0.25) is 0 Å². The summed E-state index contributed by atoms with van der Waals surface area (Å²) in [4.78, 5) is 22.8. The molecule has 5 heteroatoms. The van der Waals surface area contributed by atoms with E-state index >= 15 is 0 Å². The molecule has 0 aliphatic rings. The number of ether oxygens (including phenoxy) is 1. The van der Waals surface area contributed by atoms with Crippen LogP contribution in [0.4, 0.5) is 0 Å². The summed E-state index contributed by atoms with van der Waals surface area (Å²) in [5.41, 5.74) is 0. The Morgan fingerprint density at radius 2 is 2.08 bits per heavy atom.